The number of carbonyl (C=O) groups excluding carboxylic acids is 2. The third-order valence-corrected chi connectivity index (χ3v) is 7.71. The summed E-state index contributed by atoms with van der Waals surface area (Å²) < 4.78 is 0. The van der Waals surface area contributed by atoms with Crippen molar-refractivity contribution in [1.82, 2.24) is 0 Å². The van der Waals surface area contributed by atoms with E-state index in [0.717, 1.165) is 38.5 Å². The monoisotopic (exact) mass is 302 g/mol. The normalized spacial score (nSPS) is 51.0. The number of hydrogen-bond donors (Lipinski definition) is 1. The van der Waals surface area contributed by atoms with Gasteiger partial charge in [0.05, 0.1) is 0 Å². The highest BCUT2D eigenvalue weighted by atomic mass is 16.3. The fourth-order valence-electron chi connectivity index (χ4n) is 6.39. The Balaban J connectivity index is 1.71. The van der Waals surface area contributed by atoms with Crippen LogP contribution in [0.3, 0.4) is 0 Å². The minimum absolute atomic E-state index is 0.0385. The Morgan fingerprint density at radius 3 is 2.55 bits per heavy atom. The van der Waals surface area contributed by atoms with Gasteiger partial charge in [0.1, 0.15) is 11.9 Å². The lowest BCUT2D eigenvalue weighted by atomic mass is 9.47. The molecule has 120 valence electrons. The van der Waals surface area contributed by atoms with Crippen LogP contribution in [0, 0.1) is 28.6 Å². The molecule has 3 fully saturated rings. The van der Waals surface area contributed by atoms with Crippen molar-refractivity contribution in [2.75, 3.05) is 0 Å². The Morgan fingerprint density at radius 1 is 1.05 bits per heavy atom. The van der Waals surface area contributed by atoms with Gasteiger partial charge in [-0.2, -0.15) is 0 Å². The molecule has 0 unspecified atom stereocenters. The van der Waals surface area contributed by atoms with Crippen molar-refractivity contribution in [3.63, 3.8) is 0 Å². The molecule has 4 aliphatic carbocycles. The molecule has 0 amide bonds. The zero-order valence-electron chi connectivity index (χ0n) is 13.6. The predicted molar refractivity (Wildman–Crippen MR) is 83.1 cm³/mol. The molecule has 0 radical (unpaired) electrons. The van der Waals surface area contributed by atoms with Gasteiger partial charge in [-0.15, -0.1) is 0 Å². The highest BCUT2D eigenvalue weighted by Crippen LogP contribution is 2.64. The third kappa shape index (κ3) is 1.72. The second-order valence-electron chi connectivity index (χ2n) is 8.54. The fourth-order valence-corrected chi connectivity index (χ4v) is 6.39. The first kappa shape index (κ1) is 14.6. The number of aliphatic hydroxyl groups excluding tert-OH is 1. The Morgan fingerprint density at radius 2 is 1.77 bits per heavy atom. The average Bonchev–Trinajstić information content (AvgIpc) is 2.77. The summed E-state index contributed by atoms with van der Waals surface area (Å²) in [4.78, 5) is 24.2. The Kier molecular flexibility index (Phi) is 3.01. The molecule has 6 atom stereocenters. The van der Waals surface area contributed by atoms with Gasteiger partial charge < -0.3 is 5.11 Å². The van der Waals surface area contributed by atoms with Gasteiger partial charge in [0.15, 0.2) is 5.78 Å². The molecule has 1 N–H and O–H groups in total. The second kappa shape index (κ2) is 4.53. The highest BCUT2D eigenvalue weighted by Gasteiger charge is 2.59. The van der Waals surface area contributed by atoms with E-state index in [4.69, 9.17) is 0 Å². The van der Waals surface area contributed by atoms with Crippen molar-refractivity contribution < 1.29 is 14.7 Å². The van der Waals surface area contributed by atoms with Crippen LogP contribution in [0.15, 0.2) is 11.6 Å². The minimum Gasteiger partial charge on any atom is -0.385 e. The van der Waals surface area contributed by atoms with Gasteiger partial charge in [-0.05, 0) is 67.8 Å². The van der Waals surface area contributed by atoms with Crippen molar-refractivity contribution in [3.05, 3.63) is 11.6 Å². The number of allylic oxidation sites excluding steroid dienone is 1. The van der Waals surface area contributed by atoms with Crippen molar-refractivity contribution in [2.45, 2.75) is 64.9 Å². The fraction of sp³-hybridized carbons (Fsp3) is 0.789. The topological polar surface area (TPSA) is 54.4 Å². The van der Waals surface area contributed by atoms with E-state index < -0.39 is 6.10 Å². The van der Waals surface area contributed by atoms with Crippen LogP contribution >= 0.6 is 0 Å². The van der Waals surface area contributed by atoms with Crippen molar-refractivity contribution in [3.8, 4) is 0 Å². The number of aliphatic hydroxyl groups is 1. The standard InChI is InChI=1S/C19H26O3/c1-18-8-7-14-12(13(18)5-6-17(18)22)4-3-11-9-15(20)16(21)10-19(11,14)2/h9,12-14,16,21H,3-8,10H2,1-2H3/t12-,13-,14-,16+,18-,19-/m0/s1. The van der Waals surface area contributed by atoms with Crippen LogP contribution in [0.25, 0.3) is 0 Å². The van der Waals surface area contributed by atoms with Crippen LogP contribution in [0.1, 0.15) is 58.8 Å². The Bertz CT molecular complexity index is 577. The number of fused-ring (bicyclic) bond motifs is 5. The second-order valence-corrected chi connectivity index (χ2v) is 8.54. The predicted octanol–water partition coefficient (Wildman–Crippen LogP) is 3.06. The molecule has 3 nitrogen and oxygen atoms in total. The smallest absolute Gasteiger partial charge is 0.184 e. The summed E-state index contributed by atoms with van der Waals surface area (Å²) in [5, 5.41) is 10.1. The molecule has 0 aromatic heterocycles. The summed E-state index contributed by atoms with van der Waals surface area (Å²) >= 11 is 0. The SMILES string of the molecule is C[C@]12C[C@@H](O)C(=O)C=C1CC[C@@H]1[C@@H]2CC[C@]2(C)C(=O)CC[C@@H]12. The summed E-state index contributed by atoms with van der Waals surface area (Å²) in [6.45, 7) is 4.45. The highest BCUT2D eigenvalue weighted by molar-refractivity contribution is 5.95. The van der Waals surface area contributed by atoms with Gasteiger partial charge in [-0.1, -0.05) is 19.4 Å². The summed E-state index contributed by atoms with van der Waals surface area (Å²) in [7, 11) is 0. The van der Waals surface area contributed by atoms with E-state index in [2.05, 4.69) is 13.8 Å². The van der Waals surface area contributed by atoms with E-state index in [1.165, 1.54) is 5.57 Å². The van der Waals surface area contributed by atoms with Crippen molar-refractivity contribution >= 4 is 11.6 Å². The quantitative estimate of drug-likeness (QED) is 0.748. The maximum absolute atomic E-state index is 12.4. The van der Waals surface area contributed by atoms with E-state index >= 15 is 0 Å². The van der Waals surface area contributed by atoms with Gasteiger partial charge in [0.25, 0.3) is 0 Å². The largest absolute Gasteiger partial charge is 0.385 e. The van der Waals surface area contributed by atoms with Crippen molar-refractivity contribution in [2.24, 2.45) is 28.6 Å². The van der Waals surface area contributed by atoms with Crippen LogP contribution in [0.2, 0.25) is 0 Å². The number of rotatable bonds is 0. The molecule has 4 aliphatic rings. The summed E-state index contributed by atoms with van der Waals surface area (Å²) in [6.07, 6.45) is 7.43. The van der Waals surface area contributed by atoms with Crippen LogP contribution in [-0.2, 0) is 9.59 Å². The molecule has 0 saturated heterocycles. The number of Topliss-reactive ketones (excluding diaryl/α,β-unsaturated/α-hetero) is 1. The van der Waals surface area contributed by atoms with Crippen LogP contribution in [0.5, 0.6) is 0 Å². The average molecular weight is 302 g/mol. The Hall–Kier alpha value is -0.960. The van der Waals surface area contributed by atoms with E-state index in [1.807, 2.05) is 0 Å². The molecule has 0 aromatic carbocycles. The van der Waals surface area contributed by atoms with E-state index in [9.17, 15) is 14.7 Å². The molecule has 0 heterocycles. The molecule has 0 aliphatic heterocycles. The number of carbonyl (C=O) groups is 2. The number of hydrogen-bond acceptors (Lipinski definition) is 3. The maximum Gasteiger partial charge on any atom is 0.184 e. The molecule has 3 saturated carbocycles. The third-order valence-electron chi connectivity index (χ3n) is 7.71. The maximum atomic E-state index is 12.4. The zero-order valence-corrected chi connectivity index (χ0v) is 13.6. The van der Waals surface area contributed by atoms with E-state index in [-0.39, 0.29) is 16.6 Å². The lowest BCUT2D eigenvalue weighted by Crippen LogP contribution is -2.52. The summed E-state index contributed by atoms with van der Waals surface area (Å²) in [5.41, 5.74) is 1.13. The first-order valence-electron chi connectivity index (χ1n) is 8.82. The molecule has 4 rings (SSSR count). The van der Waals surface area contributed by atoms with Gasteiger partial charge >= 0.3 is 0 Å². The lowest BCUT2D eigenvalue weighted by molar-refractivity contribution is -0.134. The molecular formula is C19H26O3. The summed E-state index contributed by atoms with van der Waals surface area (Å²) in [6, 6.07) is 0. The molecule has 22 heavy (non-hydrogen) atoms. The lowest BCUT2D eigenvalue weighted by Gasteiger charge is -2.57. The Labute approximate surface area is 132 Å². The van der Waals surface area contributed by atoms with Crippen LogP contribution < -0.4 is 0 Å². The van der Waals surface area contributed by atoms with Crippen molar-refractivity contribution in [1.29, 1.82) is 0 Å². The zero-order chi connectivity index (χ0) is 15.7. The first-order chi connectivity index (χ1) is 10.4. The van der Waals surface area contributed by atoms with Gasteiger partial charge in [-0.3, -0.25) is 9.59 Å². The number of ketones is 2. The first-order valence-corrected chi connectivity index (χ1v) is 8.82. The van der Waals surface area contributed by atoms with Gasteiger partial charge in [-0.25, -0.2) is 0 Å². The summed E-state index contributed by atoms with van der Waals surface area (Å²) in [5.74, 6) is 2.00. The van der Waals surface area contributed by atoms with E-state index in [0.29, 0.717) is 30.0 Å². The van der Waals surface area contributed by atoms with Gasteiger partial charge in [0.2, 0.25) is 0 Å². The van der Waals surface area contributed by atoms with E-state index in [1.54, 1.807) is 6.08 Å². The molecule has 0 bridgehead atoms. The van der Waals surface area contributed by atoms with Crippen LogP contribution in [-0.4, -0.2) is 22.8 Å². The van der Waals surface area contributed by atoms with Gasteiger partial charge in [0, 0.05) is 11.8 Å². The molecule has 3 heteroatoms. The molecular weight excluding hydrogens is 276 g/mol. The molecule has 0 spiro atoms. The minimum atomic E-state index is -0.828. The van der Waals surface area contributed by atoms with Crippen LogP contribution in [0.4, 0.5) is 0 Å². The molecule has 0 aromatic rings.